The molecular weight excluding hydrogens is 205 g/mol. The molecule has 1 aliphatic rings. The second-order valence-electron chi connectivity index (χ2n) is 4.61. The molecule has 0 radical (unpaired) electrons. The predicted molar refractivity (Wildman–Crippen MR) is 52.6 cm³/mol. The van der Waals surface area contributed by atoms with Gasteiger partial charge in [0, 0.05) is 6.42 Å². The second-order valence-corrected chi connectivity index (χ2v) is 4.61. The van der Waals surface area contributed by atoms with Crippen LogP contribution in [-0.4, -0.2) is 16.9 Å². The lowest BCUT2D eigenvalue weighted by Gasteiger charge is -2.26. The number of hydrogen-bond donors (Lipinski definition) is 1. The maximum Gasteiger partial charge on any atom is 0.389 e. The molecule has 1 saturated carbocycles. The van der Waals surface area contributed by atoms with Crippen molar-refractivity contribution in [2.24, 2.45) is 0 Å². The Kier molecular flexibility index (Phi) is 4.44. The highest BCUT2D eigenvalue weighted by molar-refractivity contribution is 4.81. The zero-order valence-electron chi connectivity index (χ0n) is 8.95. The lowest BCUT2D eigenvalue weighted by molar-refractivity contribution is -0.138. The van der Waals surface area contributed by atoms with Gasteiger partial charge in [0.1, 0.15) is 0 Å². The van der Waals surface area contributed by atoms with Crippen molar-refractivity contribution in [2.45, 2.75) is 69.6 Å². The van der Waals surface area contributed by atoms with Gasteiger partial charge in [-0.1, -0.05) is 25.7 Å². The number of halogens is 3. The molecule has 0 aromatic rings. The van der Waals surface area contributed by atoms with Gasteiger partial charge in [-0.2, -0.15) is 13.2 Å². The minimum atomic E-state index is -4.08. The van der Waals surface area contributed by atoms with E-state index >= 15 is 0 Å². The Bertz CT molecular complexity index is 181. The van der Waals surface area contributed by atoms with Crippen molar-refractivity contribution in [3.8, 4) is 0 Å². The van der Waals surface area contributed by atoms with Crippen LogP contribution in [0.25, 0.3) is 0 Å². The van der Waals surface area contributed by atoms with E-state index in [1.165, 1.54) is 0 Å². The fraction of sp³-hybridized carbons (Fsp3) is 1.00. The summed E-state index contributed by atoms with van der Waals surface area (Å²) in [6.45, 7) is 0. The van der Waals surface area contributed by atoms with Crippen molar-refractivity contribution in [2.75, 3.05) is 0 Å². The van der Waals surface area contributed by atoms with E-state index in [1.807, 2.05) is 0 Å². The molecule has 0 aromatic heterocycles. The average Bonchev–Trinajstić information content (AvgIpc) is 2.28. The van der Waals surface area contributed by atoms with Crippen molar-refractivity contribution in [3.63, 3.8) is 0 Å². The normalized spacial score (nSPS) is 22.4. The van der Waals surface area contributed by atoms with Gasteiger partial charge in [-0.05, 0) is 25.7 Å². The van der Waals surface area contributed by atoms with Crippen molar-refractivity contribution in [3.05, 3.63) is 0 Å². The number of alkyl halides is 3. The van der Waals surface area contributed by atoms with Crippen LogP contribution in [0.5, 0.6) is 0 Å². The van der Waals surface area contributed by atoms with Crippen molar-refractivity contribution < 1.29 is 18.3 Å². The van der Waals surface area contributed by atoms with Gasteiger partial charge in [-0.25, -0.2) is 0 Å². The van der Waals surface area contributed by atoms with E-state index in [-0.39, 0.29) is 6.42 Å². The van der Waals surface area contributed by atoms with E-state index in [0.29, 0.717) is 19.3 Å². The standard InChI is InChI=1S/C11H19F3O/c12-11(13,14)9-5-8-10(15)6-3-1-2-4-7-10/h15H,1-9H2. The molecular formula is C11H19F3O. The van der Waals surface area contributed by atoms with Gasteiger partial charge in [-0.15, -0.1) is 0 Å². The first-order chi connectivity index (χ1) is 6.91. The molecule has 1 N–H and O–H groups in total. The quantitative estimate of drug-likeness (QED) is 0.723. The highest BCUT2D eigenvalue weighted by atomic mass is 19.4. The predicted octanol–water partition coefficient (Wildman–Crippen LogP) is 3.80. The Morgan fingerprint density at radius 2 is 1.53 bits per heavy atom. The lowest BCUT2D eigenvalue weighted by atomic mass is 9.89. The minimum Gasteiger partial charge on any atom is -0.390 e. The SMILES string of the molecule is OC1(CCCC(F)(F)F)CCCCCC1. The number of hydrogen-bond acceptors (Lipinski definition) is 1. The van der Waals surface area contributed by atoms with E-state index in [2.05, 4.69) is 0 Å². The molecule has 1 rings (SSSR count). The second kappa shape index (κ2) is 5.19. The Labute approximate surface area is 88.7 Å². The monoisotopic (exact) mass is 224 g/mol. The zero-order chi connectivity index (χ0) is 11.4. The first kappa shape index (κ1) is 12.8. The average molecular weight is 224 g/mol. The molecule has 0 amide bonds. The summed E-state index contributed by atoms with van der Waals surface area (Å²) in [5.74, 6) is 0. The molecule has 1 aliphatic carbocycles. The van der Waals surface area contributed by atoms with Crippen LogP contribution in [0.3, 0.4) is 0 Å². The molecule has 15 heavy (non-hydrogen) atoms. The number of aliphatic hydroxyl groups is 1. The molecule has 0 unspecified atom stereocenters. The van der Waals surface area contributed by atoms with Crippen LogP contribution in [0, 0.1) is 0 Å². The van der Waals surface area contributed by atoms with Gasteiger partial charge >= 0.3 is 6.18 Å². The summed E-state index contributed by atoms with van der Waals surface area (Å²) in [7, 11) is 0. The Hall–Kier alpha value is -0.250. The Balaban J connectivity index is 2.28. The topological polar surface area (TPSA) is 20.2 Å². The van der Waals surface area contributed by atoms with Gasteiger partial charge in [-0.3, -0.25) is 0 Å². The summed E-state index contributed by atoms with van der Waals surface area (Å²) in [4.78, 5) is 0. The Morgan fingerprint density at radius 1 is 1.00 bits per heavy atom. The van der Waals surface area contributed by atoms with Crippen molar-refractivity contribution >= 4 is 0 Å². The third-order valence-corrected chi connectivity index (χ3v) is 3.14. The minimum absolute atomic E-state index is 0.0556. The van der Waals surface area contributed by atoms with Gasteiger partial charge in [0.05, 0.1) is 5.60 Å². The number of rotatable bonds is 3. The molecule has 0 aromatic carbocycles. The Morgan fingerprint density at radius 3 is 2.00 bits per heavy atom. The molecule has 1 fully saturated rings. The van der Waals surface area contributed by atoms with E-state index in [1.54, 1.807) is 0 Å². The summed E-state index contributed by atoms with van der Waals surface area (Å²) in [6.07, 6.45) is 0.937. The molecule has 90 valence electrons. The summed E-state index contributed by atoms with van der Waals surface area (Å²) in [6, 6.07) is 0. The highest BCUT2D eigenvalue weighted by Gasteiger charge is 2.31. The van der Waals surface area contributed by atoms with Crippen LogP contribution in [0.2, 0.25) is 0 Å². The molecule has 4 heteroatoms. The molecule has 0 heterocycles. The van der Waals surface area contributed by atoms with Crippen LogP contribution in [0.1, 0.15) is 57.8 Å². The van der Waals surface area contributed by atoms with Crippen LogP contribution in [-0.2, 0) is 0 Å². The smallest absolute Gasteiger partial charge is 0.389 e. The van der Waals surface area contributed by atoms with Crippen LogP contribution >= 0.6 is 0 Å². The van der Waals surface area contributed by atoms with Crippen LogP contribution < -0.4 is 0 Å². The maximum absolute atomic E-state index is 11.9. The first-order valence-corrected chi connectivity index (χ1v) is 5.70. The third kappa shape index (κ3) is 5.40. The zero-order valence-corrected chi connectivity index (χ0v) is 8.95. The third-order valence-electron chi connectivity index (χ3n) is 3.14. The van der Waals surface area contributed by atoms with E-state index < -0.39 is 18.2 Å². The van der Waals surface area contributed by atoms with Gasteiger partial charge in [0.15, 0.2) is 0 Å². The van der Waals surface area contributed by atoms with Gasteiger partial charge in [0.25, 0.3) is 0 Å². The fourth-order valence-corrected chi connectivity index (χ4v) is 2.25. The molecule has 0 aliphatic heterocycles. The van der Waals surface area contributed by atoms with E-state index in [4.69, 9.17) is 0 Å². The molecule has 0 atom stereocenters. The van der Waals surface area contributed by atoms with Crippen LogP contribution in [0.4, 0.5) is 13.2 Å². The molecule has 1 nitrogen and oxygen atoms in total. The maximum atomic E-state index is 11.9. The summed E-state index contributed by atoms with van der Waals surface area (Å²) >= 11 is 0. The largest absolute Gasteiger partial charge is 0.390 e. The fourth-order valence-electron chi connectivity index (χ4n) is 2.25. The highest BCUT2D eigenvalue weighted by Crippen LogP contribution is 2.33. The summed E-state index contributed by atoms with van der Waals surface area (Å²) in [5, 5.41) is 10.1. The molecule has 0 spiro atoms. The molecule has 0 bridgehead atoms. The lowest BCUT2D eigenvalue weighted by Crippen LogP contribution is -2.28. The van der Waals surface area contributed by atoms with Crippen LogP contribution in [0.15, 0.2) is 0 Å². The van der Waals surface area contributed by atoms with E-state index in [0.717, 1.165) is 25.7 Å². The summed E-state index contributed by atoms with van der Waals surface area (Å²) in [5.41, 5.74) is -0.818. The van der Waals surface area contributed by atoms with E-state index in [9.17, 15) is 18.3 Å². The first-order valence-electron chi connectivity index (χ1n) is 5.70. The van der Waals surface area contributed by atoms with Crippen molar-refractivity contribution in [1.29, 1.82) is 0 Å². The van der Waals surface area contributed by atoms with Crippen molar-refractivity contribution in [1.82, 2.24) is 0 Å². The summed E-state index contributed by atoms with van der Waals surface area (Å²) < 4.78 is 35.8. The molecule has 0 saturated heterocycles. The van der Waals surface area contributed by atoms with Gasteiger partial charge < -0.3 is 5.11 Å². The van der Waals surface area contributed by atoms with Gasteiger partial charge in [0.2, 0.25) is 0 Å².